The summed E-state index contributed by atoms with van der Waals surface area (Å²) in [6.45, 7) is 0.939. The van der Waals surface area contributed by atoms with E-state index in [9.17, 15) is 0 Å². The number of H-pyrrole nitrogens is 1. The predicted molar refractivity (Wildman–Crippen MR) is 72.3 cm³/mol. The summed E-state index contributed by atoms with van der Waals surface area (Å²) in [5.74, 6) is 0. The fourth-order valence-electron chi connectivity index (χ4n) is 2.81. The van der Waals surface area contributed by atoms with Gasteiger partial charge in [0, 0.05) is 23.0 Å². The molecule has 1 unspecified atom stereocenters. The van der Waals surface area contributed by atoms with Crippen molar-refractivity contribution in [3.05, 3.63) is 71.5 Å². The minimum atomic E-state index is 0.261. The number of nitrogens with one attached hydrogen (secondary N) is 2. The van der Waals surface area contributed by atoms with Crippen molar-refractivity contribution in [3.8, 4) is 0 Å². The molecule has 2 nitrogen and oxygen atoms in total. The molecule has 2 heteroatoms. The van der Waals surface area contributed by atoms with Gasteiger partial charge in [0.15, 0.2) is 0 Å². The molecular weight excluding hydrogens is 220 g/mol. The van der Waals surface area contributed by atoms with Gasteiger partial charge in [0.25, 0.3) is 0 Å². The quantitative estimate of drug-likeness (QED) is 0.664. The van der Waals surface area contributed by atoms with E-state index in [1.165, 1.54) is 22.2 Å². The Morgan fingerprint density at radius 2 is 1.83 bits per heavy atom. The number of benzene rings is 2. The first-order valence-electron chi connectivity index (χ1n) is 6.23. The van der Waals surface area contributed by atoms with E-state index >= 15 is 0 Å². The van der Waals surface area contributed by atoms with E-state index in [0.29, 0.717) is 0 Å². The van der Waals surface area contributed by atoms with Crippen molar-refractivity contribution in [1.29, 1.82) is 0 Å². The number of hydrogen-bond acceptors (Lipinski definition) is 1. The zero-order valence-electron chi connectivity index (χ0n) is 9.90. The predicted octanol–water partition coefficient (Wildman–Crippen LogP) is 3.16. The molecule has 0 saturated carbocycles. The lowest BCUT2D eigenvalue weighted by atomic mass is 10.0. The highest BCUT2D eigenvalue weighted by Crippen LogP contribution is 2.33. The summed E-state index contributed by atoms with van der Waals surface area (Å²) < 4.78 is 0. The Labute approximate surface area is 106 Å². The minimum absolute atomic E-state index is 0.261. The standard InChI is InChI=1S/C16H13N2/c1-3-7-13-11(5-1)9-17-15(13)16-14-8-4-2-6-12(14)10-18-16/h1-8,15,17-18H,9H2. The average molecular weight is 233 g/mol. The maximum absolute atomic E-state index is 3.57. The van der Waals surface area contributed by atoms with Crippen LogP contribution < -0.4 is 5.32 Å². The van der Waals surface area contributed by atoms with Gasteiger partial charge in [-0.2, -0.15) is 0 Å². The summed E-state index contributed by atoms with van der Waals surface area (Å²) in [7, 11) is 0. The zero-order valence-corrected chi connectivity index (χ0v) is 9.90. The third-order valence-corrected chi connectivity index (χ3v) is 3.70. The molecule has 2 N–H and O–H groups in total. The SMILES string of the molecule is [c]1[nH]c(C2NCc3ccccc32)c2ccccc12. The third kappa shape index (κ3) is 1.33. The van der Waals surface area contributed by atoms with Crippen LogP contribution in [0.2, 0.25) is 0 Å². The van der Waals surface area contributed by atoms with E-state index in [1.807, 2.05) is 6.07 Å². The first kappa shape index (κ1) is 9.92. The lowest BCUT2D eigenvalue weighted by Gasteiger charge is -2.11. The van der Waals surface area contributed by atoms with Crippen LogP contribution in [0.25, 0.3) is 10.8 Å². The molecule has 0 amide bonds. The summed E-state index contributed by atoms with van der Waals surface area (Å²) in [6, 6.07) is 17.2. The number of aromatic nitrogens is 1. The molecule has 2 aromatic carbocycles. The van der Waals surface area contributed by atoms with Gasteiger partial charge in [-0.05, 0) is 11.1 Å². The molecule has 0 fully saturated rings. The van der Waals surface area contributed by atoms with Crippen LogP contribution in [0, 0.1) is 6.20 Å². The lowest BCUT2D eigenvalue weighted by Crippen LogP contribution is -2.13. The first-order valence-corrected chi connectivity index (χ1v) is 6.23. The summed E-state index contributed by atoms with van der Waals surface area (Å²) in [6.07, 6.45) is 3.23. The summed E-state index contributed by atoms with van der Waals surface area (Å²) in [5.41, 5.74) is 3.98. The van der Waals surface area contributed by atoms with Crippen LogP contribution >= 0.6 is 0 Å². The van der Waals surface area contributed by atoms with Crippen molar-refractivity contribution in [2.45, 2.75) is 12.6 Å². The Hall–Kier alpha value is -2.06. The number of rotatable bonds is 1. The number of hydrogen-bond donors (Lipinski definition) is 2. The molecule has 2 heterocycles. The van der Waals surface area contributed by atoms with Gasteiger partial charge < -0.3 is 10.3 Å². The smallest absolute Gasteiger partial charge is 0.0741 e. The second-order valence-electron chi connectivity index (χ2n) is 4.72. The van der Waals surface area contributed by atoms with Crippen LogP contribution in [0.5, 0.6) is 0 Å². The topological polar surface area (TPSA) is 27.8 Å². The van der Waals surface area contributed by atoms with Gasteiger partial charge in [-0.1, -0.05) is 48.5 Å². The van der Waals surface area contributed by atoms with Crippen LogP contribution in [-0.4, -0.2) is 4.98 Å². The molecule has 18 heavy (non-hydrogen) atoms. The maximum atomic E-state index is 3.57. The molecule has 0 aliphatic carbocycles. The summed E-state index contributed by atoms with van der Waals surface area (Å²) in [4.78, 5) is 3.31. The molecule has 0 saturated heterocycles. The Kier molecular flexibility index (Phi) is 2.05. The monoisotopic (exact) mass is 233 g/mol. The summed E-state index contributed by atoms with van der Waals surface area (Å²) >= 11 is 0. The molecule has 0 bridgehead atoms. The van der Waals surface area contributed by atoms with Gasteiger partial charge in [-0.15, -0.1) is 0 Å². The van der Waals surface area contributed by atoms with Crippen LogP contribution in [0.1, 0.15) is 22.9 Å². The molecule has 1 aliphatic heterocycles. The Bertz CT molecular complexity index is 712. The lowest BCUT2D eigenvalue weighted by molar-refractivity contribution is 0.657. The van der Waals surface area contributed by atoms with E-state index < -0.39 is 0 Å². The minimum Gasteiger partial charge on any atom is -0.355 e. The molecule has 1 atom stereocenters. The zero-order chi connectivity index (χ0) is 11.9. The molecule has 1 aliphatic rings. The van der Waals surface area contributed by atoms with E-state index in [1.54, 1.807) is 0 Å². The highest BCUT2D eigenvalue weighted by Gasteiger charge is 2.25. The van der Waals surface area contributed by atoms with Crippen LogP contribution in [0.15, 0.2) is 48.5 Å². The normalized spacial score (nSPS) is 18.1. The number of aromatic amines is 1. The van der Waals surface area contributed by atoms with Gasteiger partial charge >= 0.3 is 0 Å². The van der Waals surface area contributed by atoms with E-state index in [4.69, 9.17) is 0 Å². The highest BCUT2D eigenvalue weighted by atomic mass is 15.0. The van der Waals surface area contributed by atoms with E-state index in [0.717, 1.165) is 11.9 Å². The summed E-state index contributed by atoms with van der Waals surface area (Å²) in [5, 5.41) is 5.97. The van der Waals surface area contributed by atoms with Gasteiger partial charge in [-0.25, -0.2) is 0 Å². The van der Waals surface area contributed by atoms with E-state index in [2.05, 4.69) is 59.0 Å². The maximum Gasteiger partial charge on any atom is 0.0741 e. The third-order valence-electron chi connectivity index (χ3n) is 3.70. The van der Waals surface area contributed by atoms with Crippen LogP contribution in [0.3, 0.4) is 0 Å². The molecule has 4 rings (SSSR count). The molecular formula is C16H13N2. The number of fused-ring (bicyclic) bond motifs is 2. The first-order chi connectivity index (χ1) is 8.93. The largest absolute Gasteiger partial charge is 0.355 e. The molecule has 1 aromatic heterocycles. The fourth-order valence-corrected chi connectivity index (χ4v) is 2.81. The second-order valence-corrected chi connectivity index (χ2v) is 4.72. The van der Waals surface area contributed by atoms with Gasteiger partial charge in [-0.3, -0.25) is 0 Å². The highest BCUT2D eigenvalue weighted by molar-refractivity contribution is 5.85. The van der Waals surface area contributed by atoms with Crippen molar-refractivity contribution < 1.29 is 0 Å². The van der Waals surface area contributed by atoms with Crippen molar-refractivity contribution >= 4 is 10.8 Å². The fraction of sp³-hybridized carbons (Fsp3) is 0.125. The Balaban J connectivity index is 1.90. The molecule has 3 aromatic rings. The average Bonchev–Trinajstić information content (AvgIpc) is 3.01. The van der Waals surface area contributed by atoms with Crippen LogP contribution in [0.4, 0.5) is 0 Å². The van der Waals surface area contributed by atoms with Gasteiger partial charge in [0.2, 0.25) is 0 Å². The van der Waals surface area contributed by atoms with E-state index in [-0.39, 0.29) is 6.04 Å². The molecule has 0 spiro atoms. The van der Waals surface area contributed by atoms with Gasteiger partial charge in [0.05, 0.1) is 12.2 Å². The van der Waals surface area contributed by atoms with Gasteiger partial charge in [0.1, 0.15) is 0 Å². The Morgan fingerprint density at radius 1 is 1.00 bits per heavy atom. The van der Waals surface area contributed by atoms with Crippen molar-refractivity contribution in [2.75, 3.05) is 0 Å². The van der Waals surface area contributed by atoms with Crippen LogP contribution in [-0.2, 0) is 6.54 Å². The van der Waals surface area contributed by atoms with Crippen molar-refractivity contribution in [1.82, 2.24) is 10.3 Å². The molecule has 1 radical (unpaired) electrons. The second kappa shape index (κ2) is 3.72. The molecule has 87 valence electrons. The Morgan fingerprint density at radius 3 is 2.83 bits per heavy atom. The van der Waals surface area contributed by atoms with Crippen molar-refractivity contribution in [2.24, 2.45) is 0 Å². The van der Waals surface area contributed by atoms with Crippen molar-refractivity contribution in [3.63, 3.8) is 0 Å².